The van der Waals surface area contributed by atoms with E-state index in [0.29, 0.717) is 18.1 Å². The maximum Gasteiger partial charge on any atom is 0.236 e. The van der Waals surface area contributed by atoms with Gasteiger partial charge in [0.25, 0.3) is 0 Å². The van der Waals surface area contributed by atoms with E-state index in [-0.39, 0.29) is 5.91 Å². The molecule has 0 aliphatic carbocycles. The van der Waals surface area contributed by atoms with Crippen molar-refractivity contribution in [3.63, 3.8) is 0 Å². The molecule has 0 spiro atoms. The van der Waals surface area contributed by atoms with Gasteiger partial charge in [0.1, 0.15) is 0 Å². The second-order valence-corrected chi connectivity index (χ2v) is 7.75. The van der Waals surface area contributed by atoms with Crippen molar-refractivity contribution in [2.75, 3.05) is 18.4 Å². The fourth-order valence-electron chi connectivity index (χ4n) is 2.00. The molecule has 0 unspecified atom stereocenters. The van der Waals surface area contributed by atoms with Crippen molar-refractivity contribution in [1.82, 2.24) is 5.32 Å². The molecule has 0 saturated carbocycles. The number of hydrogen-bond acceptors (Lipinski definition) is 3. The summed E-state index contributed by atoms with van der Waals surface area (Å²) in [4.78, 5) is 13.4. The van der Waals surface area contributed by atoms with Crippen molar-refractivity contribution < 1.29 is 4.79 Å². The summed E-state index contributed by atoms with van der Waals surface area (Å²) in [5.41, 5.74) is 1.05. The van der Waals surface area contributed by atoms with Crippen LogP contribution in [0.4, 0.5) is 5.69 Å². The number of halogens is 1. The molecule has 23 heavy (non-hydrogen) atoms. The Morgan fingerprint density at radius 1 is 1.04 bits per heavy atom. The summed E-state index contributed by atoms with van der Waals surface area (Å²) in [7, 11) is 0. The van der Waals surface area contributed by atoms with Crippen LogP contribution in [-0.2, 0) is 4.79 Å². The third-order valence-corrected chi connectivity index (χ3v) is 4.70. The quantitative estimate of drug-likeness (QED) is 0.574. The normalized spacial score (nSPS) is 11.1. The molecule has 0 atom stereocenters. The van der Waals surface area contributed by atoms with Gasteiger partial charge in [0.2, 0.25) is 5.91 Å². The molecule has 0 radical (unpaired) electrons. The van der Waals surface area contributed by atoms with Crippen LogP contribution in [0, 0.1) is 0 Å². The molecule has 0 aromatic heterocycles. The minimum atomic E-state index is -0.541. The van der Waals surface area contributed by atoms with Crippen LogP contribution in [0.15, 0.2) is 59.5 Å². The van der Waals surface area contributed by atoms with Crippen molar-refractivity contribution in [2.45, 2.75) is 23.5 Å². The maximum absolute atomic E-state index is 12.4. The van der Waals surface area contributed by atoms with Gasteiger partial charge in [0.05, 0.1) is 4.75 Å². The fourth-order valence-corrected chi connectivity index (χ4v) is 3.15. The van der Waals surface area contributed by atoms with Gasteiger partial charge in [-0.25, -0.2) is 0 Å². The zero-order valence-electron chi connectivity index (χ0n) is 13.3. The Morgan fingerprint density at radius 2 is 1.70 bits per heavy atom. The lowest BCUT2D eigenvalue weighted by Gasteiger charge is -2.23. The van der Waals surface area contributed by atoms with Crippen LogP contribution in [-0.4, -0.2) is 23.7 Å². The lowest BCUT2D eigenvalue weighted by atomic mass is 10.2. The monoisotopic (exact) mass is 348 g/mol. The van der Waals surface area contributed by atoms with Gasteiger partial charge in [-0.05, 0) is 50.2 Å². The molecule has 1 amide bonds. The number of benzene rings is 2. The zero-order chi connectivity index (χ0) is 16.7. The number of para-hydroxylation sites is 1. The number of carbonyl (C=O) groups is 1. The Hall–Kier alpha value is -1.65. The molecule has 2 N–H and O–H groups in total. The van der Waals surface area contributed by atoms with Crippen LogP contribution in [0.25, 0.3) is 0 Å². The first kappa shape index (κ1) is 17.7. The van der Waals surface area contributed by atoms with Crippen molar-refractivity contribution in [2.24, 2.45) is 0 Å². The van der Waals surface area contributed by atoms with E-state index in [1.807, 2.05) is 68.4 Å². The highest BCUT2D eigenvalue weighted by atomic mass is 35.5. The molecule has 122 valence electrons. The first-order valence-corrected chi connectivity index (χ1v) is 8.68. The van der Waals surface area contributed by atoms with Crippen LogP contribution >= 0.6 is 23.4 Å². The largest absolute Gasteiger partial charge is 0.383 e. The molecule has 0 bridgehead atoms. The molecule has 2 aromatic rings. The molecule has 3 nitrogen and oxygen atoms in total. The minimum absolute atomic E-state index is 0.0207. The molecule has 0 saturated heterocycles. The Kier molecular flexibility index (Phi) is 6.37. The average Bonchev–Trinajstić information content (AvgIpc) is 2.54. The first-order valence-electron chi connectivity index (χ1n) is 7.49. The standard InChI is InChI=1S/C18H21ClN2OS/c1-18(2,23-16-10-8-14(19)9-11-16)17(22)21-13-12-20-15-6-4-3-5-7-15/h3-11,20H,12-13H2,1-2H3,(H,21,22). The minimum Gasteiger partial charge on any atom is -0.383 e. The van der Waals surface area contributed by atoms with E-state index in [0.717, 1.165) is 10.6 Å². The van der Waals surface area contributed by atoms with E-state index >= 15 is 0 Å². The molecule has 0 fully saturated rings. The smallest absolute Gasteiger partial charge is 0.236 e. The van der Waals surface area contributed by atoms with E-state index in [4.69, 9.17) is 11.6 Å². The van der Waals surface area contributed by atoms with Crippen LogP contribution in [0.2, 0.25) is 5.02 Å². The van der Waals surface area contributed by atoms with Crippen molar-refractivity contribution in [1.29, 1.82) is 0 Å². The van der Waals surface area contributed by atoms with Crippen molar-refractivity contribution in [3.05, 3.63) is 59.6 Å². The first-order chi connectivity index (χ1) is 11.0. The molecule has 5 heteroatoms. The molecule has 0 aliphatic rings. The Morgan fingerprint density at radius 3 is 2.35 bits per heavy atom. The molecule has 0 heterocycles. The summed E-state index contributed by atoms with van der Waals surface area (Å²) >= 11 is 7.41. The number of amides is 1. The summed E-state index contributed by atoms with van der Waals surface area (Å²) in [5, 5.41) is 6.95. The van der Waals surface area contributed by atoms with Gasteiger partial charge in [-0.1, -0.05) is 29.8 Å². The summed E-state index contributed by atoms with van der Waals surface area (Å²) < 4.78 is -0.541. The summed E-state index contributed by atoms with van der Waals surface area (Å²) in [6.45, 7) is 5.12. The summed E-state index contributed by atoms with van der Waals surface area (Å²) in [6, 6.07) is 17.5. The van der Waals surface area contributed by atoms with E-state index < -0.39 is 4.75 Å². The topological polar surface area (TPSA) is 41.1 Å². The van der Waals surface area contributed by atoms with Crippen LogP contribution in [0.5, 0.6) is 0 Å². The van der Waals surface area contributed by atoms with Crippen LogP contribution in [0.3, 0.4) is 0 Å². The van der Waals surface area contributed by atoms with Gasteiger partial charge in [-0.2, -0.15) is 0 Å². The van der Waals surface area contributed by atoms with Crippen LogP contribution in [0.1, 0.15) is 13.8 Å². The second kappa shape index (κ2) is 8.27. The van der Waals surface area contributed by atoms with E-state index in [9.17, 15) is 4.79 Å². The number of hydrogen-bond donors (Lipinski definition) is 2. The van der Waals surface area contributed by atoms with Crippen molar-refractivity contribution in [3.8, 4) is 0 Å². The third-order valence-electron chi connectivity index (χ3n) is 3.25. The van der Waals surface area contributed by atoms with E-state index in [2.05, 4.69) is 10.6 Å². The van der Waals surface area contributed by atoms with Crippen molar-refractivity contribution >= 4 is 35.0 Å². The van der Waals surface area contributed by atoms with Gasteiger partial charge in [-0.3, -0.25) is 4.79 Å². The molecular weight excluding hydrogens is 328 g/mol. The Balaban J connectivity index is 1.78. The zero-order valence-corrected chi connectivity index (χ0v) is 14.9. The van der Waals surface area contributed by atoms with E-state index in [1.54, 1.807) is 0 Å². The van der Waals surface area contributed by atoms with Gasteiger partial charge < -0.3 is 10.6 Å². The molecular formula is C18H21ClN2OS. The fraction of sp³-hybridized carbons (Fsp3) is 0.278. The number of anilines is 1. The number of thioether (sulfide) groups is 1. The molecule has 0 aliphatic heterocycles. The number of nitrogens with one attached hydrogen (secondary N) is 2. The van der Waals surface area contributed by atoms with Gasteiger partial charge in [0.15, 0.2) is 0 Å². The lowest BCUT2D eigenvalue weighted by molar-refractivity contribution is -0.122. The highest BCUT2D eigenvalue weighted by Gasteiger charge is 2.28. The van der Waals surface area contributed by atoms with E-state index in [1.165, 1.54) is 11.8 Å². The Labute approximate surface area is 146 Å². The predicted octanol–water partition coefficient (Wildman–Crippen LogP) is 4.44. The predicted molar refractivity (Wildman–Crippen MR) is 99.3 cm³/mol. The molecule has 2 aromatic carbocycles. The second-order valence-electron chi connectivity index (χ2n) is 5.61. The summed E-state index contributed by atoms with van der Waals surface area (Å²) in [6.07, 6.45) is 0. The number of carbonyl (C=O) groups excluding carboxylic acids is 1. The lowest BCUT2D eigenvalue weighted by Crippen LogP contribution is -2.41. The maximum atomic E-state index is 12.4. The van der Waals surface area contributed by atoms with Gasteiger partial charge in [0, 0.05) is 28.7 Å². The summed E-state index contributed by atoms with van der Waals surface area (Å²) in [5.74, 6) is 0.0207. The Bertz CT molecular complexity index is 629. The van der Waals surface area contributed by atoms with Crippen LogP contribution < -0.4 is 10.6 Å². The average molecular weight is 349 g/mol. The highest BCUT2D eigenvalue weighted by Crippen LogP contribution is 2.33. The highest BCUT2D eigenvalue weighted by molar-refractivity contribution is 8.01. The number of rotatable bonds is 7. The van der Waals surface area contributed by atoms with Gasteiger partial charge >= 0.3 is 0 Å². The SMILES string of the molecule is CC(C)(Sc1ccc(Cl)cc1)C(=O)NCCNc1ccccc1. The third kappa shape index (κ3) is 5.81. The molecule has 2 rings (SSSR count). The van der Waals surface area contributed by atoms with Gasteiger partial charge in [-0.15, -0.1) is 11.8 Å².